The van der Waals surface area contributed by atoms with Gasteiger partial charge in [0.15, 0.2) is 0 Å². The molecular weight excluding hydrogens is 353 g/mol. The fourth-order valence-electron chi connectivity index (χ4n) is 1.35. The molecule has 1 aromatic carbocycles. The van der Waals surface area contributed by atoms with Gasteiger partial charge >= 0.3 is 0 Å². The van der Waals surface area contributed by atoms with E-state index in [0.717, 1.165) is 24.3 Å². The van der Waals surface area contributed by atoms with Crippen LogP contribution in [0.2, 0.25) is 0 Å². The number of rotatable bonds is 4. The lowest BCUT2D eigenvalue weighted by Gasteiger charge is -2.07. The van der Waals surface area contributed by atoms with Gasteiger partial charge in [-0.3, -0.25) is 10.2 Å². The fourth-order valence-corrected chi connectivity index (χ4v) is 2.54. The summed E-state index contributed by atoms with van der Waals surface area (Å²) in [5.41, 5.74) is 2.22. The summed E-state index contributed by atoms with van der Waals surface area (Å²) in [4.78, 5) is 16.0. The average Bonchev–Trinajstić information content (AvgIpc) is 2.83. The largest absolute Gasteiger partial charge is 0.356 e. The fraction of sp³-hybridized carbons (Fsp3) is 0. The van der Waals surface area contributed by atoms with Crippen LogP contribution in [0, 0.1) is 5.82 Å². The standard InChI is InChI=1S/C11H9BrFN3O3S/c12-7-5-10(14-6-7)11(17)15-16-20(18,19)9-3-1-8(13)2-4-9/h1-6,14,16H,(H,15,17). The van der Waals surface area contributed by atoms with Crippen LogP contribution < -0.4 is 10.3 Å². The summed E-state index contributed by atoms with van der Waals surface area (Å²) in [5, 5.41) is 0. The first kappa shape index (κ1) is 14.7. The Morgan fingerprint density at radius 2 is 1.90 bits per heavy atom. The molecular formula is C11H9BrFN3O3S. The second-order valence-corrected chi connectivity index (χ2v) is 6.34. The van der Waals surface area contributed by atoms with Crippen LogP contribution in [0.3, 0.4) is 0 Å². The topological polar surface area (TPSA) is 91.1 Å². The molecule has 0 aliphatic carbocycles. The molecule has 2 aromatic rings. The van der Waals surface area contributed by atoms with Crippen molar-refractivity contribution >= 4 is 31.9 Å². The zero-order valence-electron chi connectivity index (χ0n) is 9.85. The summed E-state index contributed by atoms with van der Waals surface area (Å²) >= 11 is 3.15. The Kier molecular flexibility index (Phi) is 4.21. The van der Waals surface area contributed by atoms with Crippen LogP contribution in [0.15, 0.2) is 45.9 Å². The summed E-state index contributed by atoms with van der Waals surface area (Å²) < 4.78 is 37.0. The van der Waals surface area contributed by atoms with Crippen molar-refractivity contribution in [2.75, 3.05) is 0 Å². The van der Waals surface area contributed by atoms with Crippen LogP contribution in [0.5, 0.6) is 0 Å². The van der Waals surface area contributed by atoms with Crippen molar-refractivity contribution in [1.29, 1.82) is 0 Å². The predicted molar refractivity (Wildman–Crippen MR) is 72.7 cm³/mol. The lowest BCUT2D eigenvalue weighted by molar-refractivity contribution is 0.0940. The van der Waals surface area contributed by atoms with E-state index in [0.29, 0.717) is 4.47 Å². The first-order valence-corrected chi connectivity index (χ1v) is 7.58. The molecule has 20 heavy (non-hydrogen) atoms. The van der Waals surface area contributed by atoms with Crippen LogP contribution in [0.25, 0.3) is 0 Å². The molecule has 6 nitrogen and oxygen atoms in total. The lowest BCUT2D eigenvalue weighted by Crippen LogP contribution is -2.41. The maximum atomic E-state index is 12.7. The van der Waals surface area contributed by atoms with Gasteiger partial charge in [0.1, 0.15) is 11.5 Å². The number of hydrazine groups is 1. The molecule has 3 N–H and O–H groups in total. The van der Waals surface area contributed by atoms with Gasteiger partial charge in [-0.25, -0.2) is 12.8 Å². The van der Waals surface area contributed by atoms with Crippen LogP contribution in [-0.2, 0) is 10.0 Å². The first-order valence-electron chi connectivity index (χ1n) is 5.30. The molecule has 1 heterocycles. The van der Waals surface area contributed by atoms with Crippen LogP contribution >= 0.6 is 15.9 Å². The number of aromatic amines is 1. The lowest BCUT2D eigenvalue weighted by atomic mass is 10.4. The van der Waals surface area contributed by atoms with E-state index in [-0.39, 0.29) is 10.6 Å². The molecule has 0 saturated heterocycles. The SMILES string of the molecule is O=C(NNS(=O)(=O)c1ccc(F)cc1)c1cc(Br)c[nH]1. The molecule has 0 saturated carbocycles. The quantitative estimate of drug-likeness (QED) is 0.721. The molecule has 0 unspecified atom stereocenters. The van der Waals surface area contributed by atoms with Crippen LogP contribution in [0.4, 0.5) is 4.39 Å². The van der Waals surface area contributed by atoms with Crippen molar-refractivity contribution in [3.8, 4) is 0 Å². The Bertz CT molecular complexity index is 728. The van der Waals surface area contributed by atoms with Crippen molar-refractivity contribution in [2.24, 2.45) is 0 Å². The minimum atomic E-state index is -3.95. The Morgan fingerprint density at radius 1 is 1.25 bits per heavy atom. The molecule has 0 aliphatic heterocycles. The molecule has 0 radical (unpaired) electrons. The van der Waals surface area contributed by atoms with Gasteiger partial charge in [-0.2, -0.15) is 0 Å². The number of carbonyl (C=O) groups is 1. The number of halogens is 2. The van der Waals surface area contributed by atoms with Gasteiger partial charge in [-0.15, -0.1) is 4.83 Å². The summed E-state index contributed by atoms with van der Waals surface area (Å²) in [6.45, 7) is 0. The number of carbonyl (C=O) groups excluding carboxylic acids is 1. The maximum absolute atomic E-state index is 12.7. The molecule has 0 bridgehead atoms. The van der Waals surface area contributed by atoms with Crippen molar-refractivity contribution in [3.05, 3.63) is 52.5 Å². The third-order valence-electron chi connectivity index (χ3n) is 2.32. The van der Waals surface area contributed by atoms with E-state index in [2.05, 4.69) is 20.9 Å². The average molecular weight is 362 g/mol. The highest BCUT2D eigenvalue weighted by Gasteiger charge is 2.16. The Balaban J connectivity index is 2.06. The second-order valence-electron chi connectivity index (χ2n) is 3.75. The monoisotopic (exact) mass is 361 g/mol. The van der Waals surface area contributed by atoms with Crippen molar-refractivity contribution in [1.82, 2.24) is 15.2 Å². The molecule has 2 rings (SSSR count). The smallest absolute Gasteiger partial charge is 0.282 e. The van der Waals surface area contributed by atoms with E-state index in [4.69, 9.17) is 0 Å². The van der Waals surface area contributed by atoms with E-state index in [1.54, 1.807) is 0 Å². The molecule has 1 amide bonds. The van der Waals surface area contributed by atoms with E-state index in [9.17, 15) is 17.6 Å². The normalized spacial score (nSPS) is 11.3. The van der Waals surface area contributed by atoms with E-state index < -0.39 is 21.7 Å². The predicted octanol–water partition coefficient (Wildman–Crippen LogP) is 1.54. The van der Waals surface area contributed by atoms with Gasteiger partial charge in [0.05, 0.1) is 4.90 Å². The zero-order chi connectivity index (χ0) is 14.8. The number of hydrogen-bond donors (Lipinski definition) is 3. The zero-order valence-corrected chi connectivity index (χ0v) is 12.3. The van der Waals surface area contributed by atoms with Gasteiger partial charge in [-0.05, 0) is 46.3 Å². The van der Waals surface area contributed by atoms with Gasteiger partial charge in [0.25, 0.3) is 15.9 Å². The highest BCUT2D eigenvalue weighted by Crippen LogP contribution is 2.11. The van der Waals surface area contributed by atoms with Crippen molar-refractivity contribution in [2.45, 2.75) is 4.90 Å². The molecule has 106 valence electrons. The second kappa shape index (κ2) is 5.73. The van der Waals surface area contributed by atoms with E-state index >= 15 is 0 Å². The van der Waals surface area contributed by atoms with E-state index in [1.807, 2.05) is 10.3 Å². The highest BCUT2D eigenvalue weighted by atomic mass is 79.9. The number of amides is 1. The number of H-pyrrole nitrogens is 1. The minimum Gasteiger partial charge on any atom is -0.356 e. The minimum absolute atomic E-state index is 0.160. The number of aromatic nitrogens is 1. The van der Waals surface area contributed by atoms with Gasteiger partial charge in [-0.1, -0.05) is 0 Å². The Labute approximate surface area is 122 Å². The summed E-state index contributed by atoms with van der Waals surface area (Å²) in [5.74, 6) is -1.20. The van der Waals surface area contributed by atoms with Gasteiger partial charge < -0.3 is 4.98 Å². The highest BCUT2D eigenvalue weighted by molar-refractivity contribution is 9.10. The molecule has 1 aromatic heterocycles. The molecule has 0 aliphatic rings. The Morgan fingerprint density at radius 3 is 2.45 bits per heavy atom. The van der Waals surface area contributed by atoms with Gasteiger partial charge in [0, 0.05) is 10.7 Å². The molecule has 9 heteroatoms. The van der Waals surface area contributed by atoms with E-state index in [1.165, 1.54) is 12.3 Å². The summed E-state index contributed by atoms with van der Waals surface area (Å²) in [6, 6.07) is 5.70. The van der Waals surface area contributed by atoms with Crippen molar-refractivity contribution in [3.63, 3.8) is 0 Å². The summed E-state index contributed by atoms with van der Waals surface area (Å²) in [7, 11) is -3.95. The molecule has 0 fully saturated rings. The van der Waals surface area contributed by atoms with Crippen molar-refractivity contribution < 1.29 is 17.6 Å². The number of benzene rings is 1. The third kappa shape index (κ3) is 3.44. The number of hydrogen-bond acceptors (Lipinski definition) is 3. The van der Waals surface area contributed by atoms with Gasteiger partial charge in [0.2, 0.25) is 0 Å². The third-order valence-corrected chi connectivity index (χ3v) is 4.04. The first-order chi connectivity index (χ1) is 9.38. The number of sulfonamides is 1. The molecule has 0 atom stereocenters. The molecule has 0 spiro atoms. The number of nitrogens with one attached hydrogen (secondary N) is 3. The Hall–Kier alpha value is -1.71. The summed E-state index contributed by atoms with van der Waals surface area (Å²) in [6.07, 6.45) is 1.53. The maximum Gasteiger partial charge on any atom is 0.282 e. The van der Waals surface area contributed by atoms with Crippen LogP contribution in [-0.4, -0.2) is 19.3 Å². The van der Waals surface area contributed by atoms with Crippen LogP contribution in [0.1, 0.15) is 10.5 Å².